The van der Waals surface area contributed by atoms with Gasteiger partial charge in [-0.2, -0.15) is 5.06 Å². The molecule has 13 heteroatoms. The molecule has 1 heterocycles. The standard InChI is InChI=1S/C28H33N5O8/c1-15-11-21(31-27(34)29-17-12-22(36-3)26(38-5)23(13-17)37-4)16(2)24-19-14-18(9-10-20(19)30-25(15)24)32(39-6)28(35)33(40-7)41-8/h9-14,30H,1-8H3,(H2,29,31,34). The van der Waals surface area contributed by atoms with E-state index in [1.54, 1.807) is 18.2 Å². The van der Waals surface area contributed by atoms with E-state index in [4.69, 9.17) is 28.7 Å². The molecule has 3 N–H and O–H groups in total. The smallest absolute Gasteiger partial charge is 0.398 e. The summed E-state index contributed by atoms with van der Waals surface area (Å²) >= 11 is 0. The molecular weight excluding hydrogens is 534 g/mol. The fourth-order valence-corrected chi connectivity index (χ4v) is 4.69. The number of nitrogens with one attached hydrogen (secondary N) is 3. The van der Waals surface area contributed by atoms with Crippen LogP contribution in [0.15, 0.2) is 36.4 Å². The quantitative estimate of drug-likeness (QED) is 0.225. The number of ether oxygens (including phenoxy) is 3. The van der Waals surface area contributed by atoms with E-state index < -0.39 is 12.1 Å². The van der Waals surface area contributed by atoms with Crippen molar-refractivity contribution in [1.29, 1.82) is 0 Å². The molecule has 41 heavy (non-hydrogen) atoms. The molecule has 0 atom stereocenters. The zero-order chi connectivity index (χ0) is 29.8. The lowest BCUT2D eigenvalue weighted by Gasteiger charge is -2.24. The molecule has 3 aromatic carbocycles. The number of hydrogen-bond donors (Lipinski definition) is 3. The number of methoxy groups -OCH3 is 3. The Morgan fingerprint density at radius 3 is 2.02 bits per heavy atom. The maximum Gasteiger partial charge on any atom is 0.398 e. The SMILES string of the molecule is COc1cc(NC(=O)Nc2cc(C)c3[nH]c4ccc(N(OC)C(=O)N(OC)OC)cc4c3c2C)cc(OC)c1OC. The second-order valence-corrected chi connectivity index (χ2v) is 8.85. The Hall–Kier alpha value is -4.72. The number of carbonyl (C=O) groups is 2. The molecule has 1 aromatic heterocycles. The topological polar surface area (TPSA) is 136 Å². The lowest BCUT2D eigenvalue weighted by atomic mass is 10.0. The highest BCUT2D eigenvalue weighted by atomic mass is 17.0. The zero-order valence-corrected chi connectivity index (χ0v) is 24.1. The third kappa shape index (κ3) is 5.50. The summed E-state index contributed by atoms with van der Waals surface area (Å²) in [5.74, 6) is 1.24. The molecule has 13 nitrogen and oxygen atoms in total. The molecule has 4 aromatic rings. The third-order valence-electron chi connectivity index (χ3n) is 6.57. The maximum absolute atomic E-state index is 13.1. The van der Waals surface area contributed by atoms with E-state index in [0.29, 0.717) is 39.5 Å². The summed E-state index contributed by atoms with van der Waals surface area (Å²) in [6.07, 6.45) is 0. The predicted molar refractivity (Wildman–Crippen MR) is 155 cm³/mol. The molecule has 0 aliphatic carbocycles. The van der Waals surface area contributed by atoms with Gasteiger partial charge < -0.3 is 29.8 Å². The van der Waals surface area contributed by atoms with Crippen LogP contribution >= 0.6 is 0 Å². The van der Waals surface area contributed by atoms with Gasteiger partial charge in [-0.1, -0.05) is 5.23 Å². The van der Waals surface area contributed by atoms with Gasteiger partial charge in [0, 0.05) is 39.6 Å². The zero-order valence-electron chi connectivity index (χ0n) is 24.1. The number of anilines is 3. The van der Waals surface area contributed by atoms with Crippen LogP contribution in [0.5, 0.6) is 17.2 Å². The van der Waals surface area contributed by atoms with E-state index in [0.717, 1.165) is 38.0 Å². The normalized spacial score (nSPS) is 10.9. The average molecular weight is 568 g/mol. The van der Waals surface area contributed by atoms with Gasteiger partial charge in [-0.05, 0) is 49.2 Å². The fraction of sp³-hybridized carbons (Fsp3) is 0.286. The maximum atomic E-state index is 13.1. The summed E-state index contributed by atoms with van der Waals surface area (Å²) in [5.41, 5.74) is 4.98. The Kier molecular flexibility index (Phi) is 8.71. The van der Waals surface area contributed by atoms with Gasteiger partial charge in [0.15, 0.2) is 11.5 Å². The first-order chi connectivity index (χ1) is 19.7. The van der Waals surface area contributed by atoms with Gasteiger partial charge in [0.1, 0.15) is 0 Å². The first-order valence-corrected chi connectivity index (χ1v) is 12.4. The Labute approximate surface area is 236 Å². The van der Waals surface area contributed by atoms with Crippen molar-refractivity contribution in [3.8, 4) is 17.2 Å². The monoisotopic (exact) mass is 567 g/mol. The molecule has 0 saturated heterocycles. The van der Waals surface area contributed by atoms with E-state index in [-0.39, 0.29) is 0 Å². The van der Waals surface area contributed by atoms with Gasteiger partial charge in [-0.25, -0.2) is 19.3 Å². The molecule has 4 rings (SSSR count). The molecule has 0 aliphatic rings. The van der Waals surface area contributed by atoms with E-state index in [1.165, 1.54) is 42.7 Å². The van der Waals surface area contributed by atoms with Crippen LogP contribution in [-0.2, 0) is 14.5 Å². The van der Waals surface area contributed by atoms with Crippen LogP contribution in [0.2, 0.25) is 0 Å². The number of aromatic nitrogens is 1. The van der Waals surface area contributed by atoms with Gasteiger partial charge in [-0.15, -0.1) is 0 Å². The van der Waals surface area contributed by atoms with Crippen LogP contribution < -0.4 is 29.9 Å². The number of fused-ring (bicyclic) bond motifs is 3. The Balaban J connectivity index is 1.71. The number of benzene rings is 3. The lowest BCUT2D eigenvalue weighted by Crippen LogP contribution is -2.41. The summed E-state index contributed by atoms with van der Waals surface area (Å²) in [4.78, 5) is 44.6. The average Bonchev–Trinajstić information content (AvgIpc) is 3.36. The van der Waals surface area contributed by atoms with E-state index >= 15 is 0 Å². The van der Waals surface area contributed by atoms with Crippen LogP contribution in [0.1, 0.15) is 11.1 Å². The van der Waals surface area contributed by atoms with Crippen molar-refractivity contribution in [2.75, 3.05) is 58.4 Å². The third-order valence-corrected chi connectivity index (χ3v) is 6.57. The van der Waals surface area contributed by atoms with Crippen LogP contribution in [0.3, 0.4) is 0 Å². The molecule has 0 spiro atoms. The number of amides is 4. The summed E-state index contributed by atoms with van der Waals surface area (Å²) in [6, 6.07) is 9.41. The second kappa shape index (κ2) is 12.2. The highest BCUT2D eigenvalue weighted by Crippen LogP contribution is 2.40. The highest BCUT2D eigenvalue weighted by molar-refractivity contribution is 6.14. The molecule has 0 radical (unpaired) electrons. The number of nitrogens with zero attached hydrogens (tertiary/aromatic N) is 2. The number of rotatable bonds is 9. The van der Waals surface area contributed by atoms with Crippen molar-refractivity contribution >= 4 is 50.9 Å². The van der Waals surface area contributed by atoms with Crippen molar-refractivity contribution in [1.82, 2.24) is 10.2 Å². The Morgan fingerprint density at radius 1 is 0.805 bits per heavy atom. The molecule has 0 fully saturated rings. The molecule has 4 amide bonds. The number of hydroxylamine groups is 3. The van der Waals surface area contributed by atoms with Gasteiger partial charge in [0.05, 0.1) is 54.0 Å². The van der Waals surface area contributed by atoms with Crippen LogP contribution in [-0.4, -0.2) is 64.9 Å². The van der Waals surface area contributed by atoms with E-state index in [9.17, 15) is 9.59 Å². The van der Waals surface area contributed by atoms with E-state index in [2.05, 4.69) is 15.6 Å². The van der Waals surface area contributed by atoms with Gasteiger partial charge >= 0.3 is 12.1 Å². The van der Waals surface area contributed by atoms with Gasteiger partial charge in [0.25, 0.3) is 0 Å². The molecule has 0 unspecified atom stereocenters. The predicted octanol–water partition coefficient (Wildman–Crippen LogP) is 5.52. The van der Waals surface area contributed by atoms with Crippen molar-refractivity contribution in [2.45, 2.75) is 13.8 Å². The number of H-pyrrole nitrogens is 1. The molecule has 0 bridgehead atoms. The minimum Gasteiger partial charge on any atom is -0.493 e. The molecule has 218 valence electrons. The highest BCUT2D eigenvalue weighted by Gasteiger charge is 2.25. The molecule has 0 saturated carbocycles. The number of urea groups is 2. The Bertz CT molecular complexity index is 1570. The minimum atomic E-state index is -0.685. The van der Waals surface area contributed by atoms with Gasteiger partial charge in [-0.3, -0.25) is 4.84 Å². The minimum absolute atomic E-state index is 0.410. The number of aryl methyl sites for hydroxylation is 2. The van der Waals surface area contributed by atoms with Gasteiger partial charge in [0.2, 0.25) is 5.75 Å². The summed E-state index contributed by atoms with van der Waals surface area (Å²) < 4.78 is 16.1. The lowest BCUT2D eigenvalue weighted by molar-refractivity contribution is -0.299. The second-order valence-electron chi connectivity index (χ2n) is 8.85. The van der Waals surface area contributed by atoms with Crippen LogP contribution in [0.4, 0.5) is 26.7 Å². The molecular formula is C28H33N5O8. The number of hydrogen-bond acceptors (Lipinski definition) is 8. The van der Waals surface area contributed by atoms with Crippen LogP contribution in [0.25, 0.3) is 21.8 Å². The van der Waals surface area contributed by atoms with E-state index in [1.807, 2.05) is 32.0 Å². The largest absolute Gasteiger partial charge is 0.493 e. The first-order valence-electron chi connectivity index (χ1n) is 12.4. The van der Waals surface area contributed by atoms with Crippen molar-refractivity contribution in [3.63, 3.8) is 0 Å². The van der Waals surface area contributed by atoms with Crippen molar-refractivity contribution in [2.24, 2.45) is 0 Å². The van der Waals surface area contributed by atoms with Crippen LogP contribution in [0, 0.1) is 13.8 Å². The summed E-state index contributed by atoms with van der Waals surface area (Å²) in [5, 5.41) is 9.19. The number of carbonyl (C=O) groups excluding carboxylic acids is 2. The fourth-order valence-electron chi connectivity index (χ4n) is 4.69. The summed E-state index contributed by atoms with van der Waals surface area (Å²) in [7, 11) is 8.48. The number of aromatic amines is 1. The molecule has 0 aliphatic heterocycles. The van der Waals surface area contributed by atoms with Crippen molar-refractivity contribution < 1.29 is 38.3 Å². The van der Waals surface area contributed by atoms with Crippen molar-refractivity contribution in [3.05, 3.63) is 47.5 Å². The summed E-state index contributed by atoms with van der Waals surface area (Å²) in [6.45, 7) is 3.86. The first kappa shape index (κ1) is 29.3. The Morgan fingerprint density at radius 2 is 1.46 bits per heavy atom.